The van der Waals surface area contributed by atoms with Crippen LogP contribution in [-0.4, -0.2) is 12.4 Å². The molecule has 2 N–H and O–H groups in total. The Bertz CT molecular complexity index is 1150. The monoisotopic (exact) mass is 494 g/mol. The lowest BCUT2D eigenvalue weighted by Gasteiger charge is -2.31. The minimum Gasteiger partial charge on any atom is -0.490 e. The first-order valence-electron chi connectivity index (χ1n) is 10.5. The molecule has 0 bridgehead atoms. The number of ether oxygens (including phenoxy) is 3. The van der Waals surface area contributed by atoms with Gasteiger partial charge in [-0.2, -0.15) is 5.26 Å². The Morgan fingerprint density at radius 1 is 1.22 bits per heavy atom. The van der Waals surface area contributed by atoms with E-state index in [9.17, 15) is 10.1 Å². The molecule has 7 heteroatoms. The van der Waals surface area contributed by atoms with Gasteiger partial charge in [-0.1, -0.05) is 30.3 Å². The Morgan fingerprint density at radius 2 is 2.00 bits per heavy atom. The molecule has 0 spiro atoms. The summed E-state index contributed by atoms with van der Waals surface area (Å²) in [5.74, 6) is 1.07. The maximum atomic E-state index is 12.8. The fraction of sp³-hybridized carbons (Fsp3) is 0.280. The molecule has 2 aromatic carbocycles. The van der Waals surface area contributed by atoms with Crippen LogP contribution in [0.2, 0.25) is 0 Å². The molecule has 32 heavy (non-hydrogen) atoms. The lowest BCUT2D eigenvalue weighted by Crippen LogP contribution is -2.27. The summed E-state index contributed by atoms with van der Waals surface area (Å²) in [7, 11) is 0. The molecule has 4 rings (SSSR count). The molecular weight excluding hydrogens is 472 g/mol. The zero-order valence-corrected chi connectivity index (χ0v) is 19.3. The topological polar surface area (TPSA) is 94.6 Å². The van der Waals surface area contributed by atoms with E-state index >= 15 is 0 Å². The van der Waals surface area contributed by atoms with Gasteiger partial charge in [0, 0.05) is 18.4 Å². The predicted octanol–water partition coefficient (Wildman–Crippen LogP) is 5.24. The van der Waals surface area contributed by atoms with Crippen LogP contribution in [0.4, 0.5) is 0 Å². The van der Waals surface area contributed by atoms with Crippen LogP contribution < -0.4 is 15.2 Å². The smallest absolute Gasteiger partial charge is 0.205 e. The molecule has 0 aromatic heterocycles. The van der Waals surface area contributed by atoms with Gasteiger partial charge in [0.25, 0.3) is 0 Å². The Kier molecular flexibility index (Phi) is 6.52. The predicted molar refractivity (Wildman–Crippen MR) is 123 cm³/mol. The molecule has 2 aromatic rings. The molecule has 0 fully saturated rings. The van der Waals surface area contributed by atoms with Gasteiger partial charge in [-0.15, -0.1) is 0 Å². The van der Waals surface area contributed by atoms with E-state index in [1.807, 2.05) is 49.4 Å². The summed E-state index contributed by atoms with van der Waals surface area (Å²) in [6, 6.07) is 15.7. The SMILES string of the molecule is CCOc1cc([C@@H]2C(C#N)=C(N)OC3=C2C(=O)CCC3)cc(Br)c1OCc1ccccc1. The molecule has 1 aliphatic carbocycles. The number of nitrogens with zero attached hydrogens (tertiary/aromatic N) is 1. The minimum atomic E-state index is -0.602. The summed E-state index contributed by atoms with van der Waals surface area (Å²) in [4.78, 5) is 12.8. The van der Waals surface area contributed by atoms with E-state index in [-0.39, 0.29) is 17.2 Å². The number of allylic oxidation sites excluding steroid dienone is 3. The third-order valence-electron chi connectivity index (χ3n) is 5.50. The summed E-state index contributed by atoms with van der Waals surface area (Å²) >= 11 is 3.60. The highest BCUT2D eigenvalue weighted by Crippen LogP contribution is 2.47. The zero-order valence-electron chi connectivity index (χ0n) is 17.7. The number of benzene rings is 2. The van der Waals surface area contributed by atoms with E-state index in [4.69, 9.17) is 19.9 Å². The van der Waals surface area contributed by atoms with Crippen molar-refractivity contribution < 1.29 is 19.0 Å². The second kappa shape index (κ2) is 9.49. The maximum absolute atomic E-state index is 12.8. The number of halogens is 1. The van der Waals surface area contributed by atoms with Crippen LogP contribution >= 0.6 is 15.9 Å². The highest BCUT2D eigenvalue weighted by atomic mass is 79.9. The first-order valence-corrected chi connectivity index (χ1v) is 11.3. The molecule has 1 heterocycles. The Hall–Kier alpha value is -3.24. The van der Waals surface area contributed by atoms with Crippen molar-refractivity contribution in [2.24, 2.45) is 5.73 Å². The molecule has 164 valence electrons. The lowest BCUT2D eigenvalue weighted by molar-refractivity contribution is -0.116. The maximum Gasteiger partial charge on any atom is 0.205 e. The zero-order chi connectivity index (χ0) is 22.7. The van der Waals surface area contributed by atoms with Gasteiger partial charge in [-0.05, 0) is 52.5 Å². The van der Waals surface area contributed by atoms with E-state index in [1.54, 1.807) is 0 Å². The summed E-state index contributed by atoms with van der Waals surface area (Å²) in [5.41, 5.74) is 8.55. The fourth-order valence-corrected chi connectivity index (χ4v) is 4.65. The molecular formula is C25H23BrN2O4. The number of ketones is 1. The molecule has 0 unspecified atom stereocenters. The van der Waals surface area contributed by atoms with Gasteiger partial charge in [-0.3, -0.25) is 4.79 Å². The number of rotatable bonds is 6. The van der Waals surface area contributed by atoms with Crippen LogP contribution in [0.25, 0.3) is 0 Å². The van der Waals surface area contributed by atoms with Crippen LogP contribution in [0.1, 0.15) is 43.2 Å². The van der Waals surface area contributed by atoms with Crippen LogP contribution in [-0.2, 0) is 16.1 Å². The second-order valence-corrected chi connectivity index (χ2v) is 8.43. The Morgan fingerprint density at radius 3 is 2.72 bits per heavy atom. The van der Waals surface area contributed by atoms with Crippen LogP contribution in [0.3, 0.4) is 0 Å². The van der Waals surface area contributed by atoms with Crippen molar-refractivity contribution in [3.8, 4) is 17.6 Å². The van der Waals surface area contributed by atoms with Crippen LogP contribution in [0, 0.1) is 11.3 Å². The molecule has 1 atom stereocenters. The van der Waals surface area contributed by atoms with Gasteiger partial charge >= 0.3 is 0 Å². The summed E-state index contributed by atoms with van der Waals surface area (Å²) in [6.07, 6.45) is 1.75. The van der Waals surface area contributed by atoms with Crippen molar-refractivity contribution in [1.29, 1.82) is 5.26 Å². The van der Waals surface area contributed by atoms with E-state index in [1.165, 1.54) is 0 Å². The molecule has 1 aliphatic heterocycles. The molecule has 0 amide bonds. The largest absolute Gasteiger partial charge is 0.490 e. The lowest BCUT2D eigenvalue weighted by atomic mass is 9.77. The third-order valence-corrected chi connectivity index (χ3v) is 6.08. The van der Waals surface area contributed by atoms with Crippen LogP contribution in [0.15, 0.2) is 69.7 Å². The number of carbonyl (C=O) groups excluding carboxylic acids is 1. The average molecular weight is 495 g/mol. The standard InChI is InChI=1S/C25H23BrN2O4/c1-2-30-21-12-16(11-18(26)24(21)31-14-15-7-4-3-5-8-15)22-17(13-27)25(28)32-20-10-6-9-19(29)23(20)22/h3-5,7-8,11-12,22H,2,6,9-10,14,28H2,1H3/t22-/m1/s1. The van der Waals surface area contributed by atoms with Gasteiger partial charge in [-0.25, -0.2) is 0 Å². The summed E-state index contributed by atoms with van der Waals surface area (Å²) < 4.78 is 18.3. The van der Waals surface area contributed by atoms with Crippen molar-refractivity contribution in [2.45, 2.75) is 38.7 Å². The Balaban J connectivity index is 1.77. The van der Waals surface area contributed by atoms with Gasteiger partial charge in [0.2, 0.25) is 5.88 Å². The first-order chi connectivity index (χ1) is 15.5. The molecule has 0 saturated heterocycles. The van der Waals surface area contributed by atoms with E-state index in [0.29, 0.717) is 59.8 Å². The molecule has 0 radical (unpaired) electrons. The molecule has 2 aliphatic rings. The number of Topliss-reactive ketones (excluding diaryl/α,β-unsaturated/α-hetero) is 1. The first kappa shape index (κ1) is 22.0. The number of carbonyl (C=O) groups is 1. The molecule has 0 saturated carbocycles. The average Bonchev–Trinajstić information content (AvgIpc) is 2.78. The Labute approximate surface area is 195 Å². The quantitative estimate of drug-likeness (QED) is 0.589. The highest BCUT2D eigenvalue weighted by molar-refractivity contribution is 9.10. The van der Waals surface area contributed by atoms with Crippen molar-refractivity contribution in [2.75, 3.05) is 6.61 Å². The minimum absolute atomic E-state index is 0.0185. The number of hydrogen-bond acceptors (Lipinski definition) is 6. The summed E-state index contributed by atoms with van der Waals surface area (Å²) in [6.45, 7) is 2.70. The van der Waals surface area contributed by atoms with Crippen molar-refractivity contribution in [1.82, 2.24) is 0 Å². The van der Waals surface area contributed by atoms with Crippen molar-refractivity contribution in [3.63, 3.8) is 0 Å². The second-order valence-electron chi connectivity index (χ2n) is 7.58. The number of nitriles is 1. The van der Waals surface area contributed by atoms with E-state index < -0.39 is 5.92 Å². The normalized spacial score (nSPS) is 18.0. The third kappa shape index (κ3) is 4.23. The van der Waals surface area contributed by atoms with Crippen molar-refractivity contribution in [3.05, 3.63) is 80.9 Å². The van der Waals surface area contributed by atoms with Crippen LogP contribution in [0.5, 0.6) is 11.5 Å². The number of nitrogens with two attached hydrogens (primary N) is 1. The van der Waals surface area contributed by atoms with Gasteiger partial charge < -0.3 is 19.9 Å². The van der Waals surface area contributed by atoms with Crippen molar-refractivity contribution >= 4 is 21.7 Å². The highest BCUT2D eigenvalue weighted by Gasteiger charge is 2.38. The van der Waals surface area contributed by atoms with E-state index in [0.717, 1.165) is 11.1 Å². The summed E-state index contributed by atoms with van der Waals surface area (Å²) in [5, 5.41) is 9.81. The van der Waals surface area contributed by atoms with Gasteiger partial charge in [0.05, 0.1) is 17.0 Å². The molecule has 6 nitrogen and oxygen atoms in total. The number of hydrogen-bond donors (Lipinski definition) is 1. The fourth-order valence-electron chi connectivity index (χ4n) is 4.08. The van der Waals surface area contributed by atoms with Gasteiger partial charge in [0.15, 0.2) is 17.3 Å². The van der Waals surface area contributed by atoms with Gasteiger partial charge in [0.1, 0.15) is 24.0 Å². The van der Waals surface area contributed by atoms with E-state index in [2.05, 4.69) is 22.0 Å².